The van der Waals surface area contributed by atoms with E-state index in [-0.39, 0.29) is 6.29 Å². The molecule has 0 fully saturated rings. The largest absolute Gasteiger partial charge is 0.460 e. The SMILES string of the molecule is CCCCC(=C=N)OC(C)OCC. The number of hydrogen-bond donors (Lipinski definition) is 1. The van der Waals surface area contributed by atoms with E-state index in [1.54, 1.807) is 0 Å². The Morgan fingerprint density at radius 2 is 2.15 bits per heavy atom. The minimum absolute atomic E-state index is 0.269. The number of hydrogen-bond acceptors (Lipinski definition) is 3. The summed E-state index contributed by atoms with van der Waals surface area (Å²) in [6.07, 6.45) is 2.63. The van der Waals surface area contributed by atoms with E-state index in [0.717, 1.165) is 19.3 Å². The fourth-order valence-corrected chi connectivity index (χ4v) is 0.957. The second-order valence-electron chi connectivity index (χ2n) is 2.79. The zero-order chi connectivity index (χ0) is 10.1. The van der Waals surface area contributed by atoms with Crippen LogP contribution in [0, 0.1) is 5.41 Å². The maximum Gasteiger partial charge on any atom is 0.197 e. The van der Waals surface area contributed by atoms with Crippen LogP contribution in [-0.2, 0) is 9.47 Å². The van der Waals surface area contributed by atoms with Gasteiger partial charge in [-0.05, 0) is 20.3 Å². The van der Waals surface area contributed by atoms with Gasteiger partial charge in [0, 0.05) is 18.9 Å². The molecule has 13 heavy (non-hydrogen) atoms. The number of allylic oxidation sites excluding steroid dienone is 1. The van der Waals surface area contributed by atoms with Crippen LogP contribution in [0.5, 0.6) is 0 Å². The molecule has 1 atom stereocenters. The molecule has 0 aliphatic heterocycles. The molecule has 0 aromatic heterocycles. The number of ether oxygens (including phenoxy) is 2. The molecule has 0 saturated heterocycles. The standard InChI is InChI=1S/C10H19NO2/c1-4-6-7-10(8-11)13-9(3)12-5-2/h9,11H,4-7H2,1-3H3. The maximum atomic E-state index is 7.00. The van der Waals surface area contributed by atoms with Gasteiger partial charge in [0.2, 0.25) is 0 Å². The molecule has 0 aliphatic rings. The molecule has 1 unspecified atom stereocenters. The third-order valence-corrected chi connectivity index (χ3v) is 1.61. The minimum Gasteiger partial charge on any atom is -0.460 e. The van der Waals surface area contributed by atoms with Crippen molar-refractivity contribution in [1.82, 2.24) is 0 Å². The summed E-state index contributed by atoms with van der Waals surface area (Å²) >= 11 is 0. The van der Waals surface area contributed by atoms with Crippen molar-refractivity contribution in [2.24, 2.45) is 0 Å². The highest BCUT2D eigenvalue weighted by molar-refractivity contribution is 5.51. The van der Waals surface area contributed by atoms with Crippen LogP contribution in [0.15, 0.2) is 5.76 Å². The van der Waals surface area contributed by atoms with E-state index in [4.69, 9.17) is 14.9 Å². The quantitative estimate of drug-likeness (QED) is 0.376. The molecule has 0 saturated carbocycles. The lowest BCUT2D eigenvalue weighted by molar-refractivity contribution is -0.0995. The van der Waals surface area contributed by atoms with E-state index in [9.17, 15) is 0 Å². The number of rotatable bonds is 7. The van der Waals surface area contributed by atoms with E-state index in [2.05, 4.69) is 12.8 Å². The highest BCUT2D eigenvalue weighted by Gasteiger charge is 2.04. The van der Waals surface area contributed by atoms with Gasteiger partial charge in [0.05, 0.1) is 0 Å². The summed E-state index contributed by atoms with van der Waals surface area (Å²) in [6.45, 7) is 6.47. The maximum absolute atomic E-state index is 7.00. The topological polar surface area (TPSA) is 42.3 Å². The normalized spacial score (nSPS) is 11.9. The van der Waals surface area contributed by atoms with Crippen molar-refractivity contribution < 1.29 is 9.47 Å². The number of nitrogens with one attached hydrogen (secondary N) is 1. The second-order valence-corrected chi connectivity index (χ2v) is 2.79. The first-order valence-corrected chi connectivity index (χ1v) is 4.81. The van der Waals surface area contributed by atoms with E-state index in [0.29, 0.717) is 12.4 Å². The summed E-state index contributed by atoms with van der Waals surface area (Å²) < 4.78 is 10.5. The zero-order valence-electron chi connectivity index (χ0n) is 8.72. The van der Waals surface area contributed by atoms with Crippen molar-refractivity contribution in [3.8, 4) is 0 Å². The highest BCUT2D eigenvalue weighted by Crippen LogP contribution is 2.08. The molecule has 0 aliphatic carbocycles. The van der Waals surface area contributed by atoms with Crippen LogP contribution < -0.4 is 0 Å². The van der Waals surface area contributed by atoms with Crippen molar-refractivity contribution in [2.45, 2.75) is 46.3 Å². The molecule has 0 heterocycles. The lowest BCUT2D eigenvalue weighted by Crippen LogP contribution is -2.12. The van der Waals surface area contributed by atoms with Crippen molar-refractivity contribution in [3.05, 3.63) is 5.76 Å². The monoisotopic (exact) mass is 185 g/mol. The molecule has 3 heteroatoms. The van der Waals surface area contributed by atoms with Crippen LogP contribution in [0.4, 0.5) is 0 Å². The molecule has 0 aromatic carbocycles. The van der Waals surface area contributed by atoms with Gasteiger partial charge < -0.3 is 9.47 Å². The first-order chi connectivity index (χ1) is 6.24. The van der Waals surface area contributed by atoms with Gasteiger partial charge in [-0.25, -0.2) is 0 Å². The van der Waals surface area contributed by atoms with E-state index >= 15 is 0 Å². The Balaban J connectivity index is 3.78. The second kappa shape index (κ2) is 7.84. The summed E-state index contributed by atoms with van der Waals surface area (Å²) in [5, 5.41) is 7.00. The van der Waals surface area contributed by atoms with Gasteiger partial charge in [-0.3, -0.25) is 5.41 Å². The Bertz CT molecular complexity index is 174. The summed E-state index contributed by atoms with van der Waals surface area (Å²) in [4.78, 5) is 0. The lowest BCUT2D eigenvalue weighted by atomic mass is 10.2. The van der Waals surface area contributed by atoms with Crippen LogP contribution in [0.1, 0.15) is 40.0 Å². The molecule has 0 amide bonds. The minimum atomic E-state index is -0.269. The number of unbranched alkanes of at least 4 members (excludes halogenated alkanes) is 1. The Morgan fingerprint density at radius 3 is 2.62 bits per heavy atom. The Morgan fingerprint density at radius 1 is 1.46 bits per heavy atom. The Hall–Kier alpha value is -0.790. The summed E-state index contributed by atoms with van der Waals surface area (Å²) in [6, 6.07) is 0. The van der Waals surface area contributed by atoms with Gasteiger partial charge in [0.25, 0.3) is 0 Å². The van der Waals surface area contributed by atoms with Crippen LogP contribution in [0.25, 0.3) is 0 Å². The molecule has 0 bridgehead atoms. The first kappa shape index (κ1) is 12.2. The van der Waals surface area contributed by atoms with Gasteiger partial charge in [0.15, 0.2) is 12.0 Å². The first-order valence-electron chi connectivity index (χ1n) is 4.81. The average molecular weight is 185 g/mol. The van der Waals surface area contributed by atoms with Crippen molar-refractivity contribution in [2.75, 3.05) is 6.61 Å². The zero-order valence-corrected chi connectivity index (χ0v) is 8.72. The fraction of sp³-hybridized carbons (Fsp3) is 0.800. The molecule has 1 N–H and O–H groups in total. The smallest absolute Gasteiger partial charge is 0.197 e. The molecule has 0 aromatic rings. The van der Waals surface area contributed by atoms with Gasteiger partial charge in [-0.2, -0.15) is 0 Å². The molecule has 0 spiro atoms. The highest BCUT2D eigenvalue weighted by atomic mass is 16.7. The van der Waals surface area contributed by atoms with E-state index in [1.165, 1.54) is 0 Å². The third kappa shape index (κ3) is 6.38. The van der Waals surface area contributed by atoms with E-state index < -0.39 is 0 Å². The van der Waals surface area contributed by atoms with Gasteiger partial charge in [0.1, 0.15) is 0 Å². The van der Waals surface area contributed by atoms with Crippen LogP contribution in [0.2, 0.25) is 0 Å². The summed E-state index contributed by atoms with van der Waals surface area (Å²) in [5.41, 5.74) is 0. The molecule has 0 rings (SSSR count). The third-order valence-electron chi connectivity index (χ3n) is 1.61. The van der Waals surface area contributed by atoms with Crippen LogP contribution in [0.3, 0.4) is 0 Å². The van der Waals surface area contributed by atoms with Gasteiger partial charge in [-0.15, -0.1) is 0 Å². The molecule has 0 radical (unpaired) electrons. The molecule has 3 nitrogen and oxygen atoms in total. The molecule has 76 valence electrons. The van der Waals surface area contributed by atoms with Crippen molar-refractivity contribution in [3.63, 3.8) is 0 Å². The summed E-state index contributed by atoms with van der Waals surface area (Å²) in [5.74, 6) is 2.88. The Labute approximate surface area is 80.2 Å². The van der Waals surface area contributed by atoms with Crippen LogP contribution >= 0.6 is 0 Å². The van der Waals surface area contributed by atoms with Crippen molar-refractivity contribution in [1.29, 1.82) is 5.41 Å². The van der Waals surface area contributed by atoms with Crippen molar-refractivity contribution >= 4 is 5.87 Å². The Kier molecular flexibility index (Phi) is 7.36. The van der Waals surface area contributed by atoms with Gasteiger partial charge >= 0.3 is 0 Å². The average Bonchev–Trinajstić information content (AvgIpc) is 2.12. The van der Waals surface area contributed by atoms with E-state index in [1.807, 2.05) is 13.8 Å². The molecular formula is C10H19NO2. The predicted octanol–water partition coefficient (Wildman–Crippen LogP) is 2.71. The fourth-order valence-electron chi connectivity index (χ4n) is 0.957. The summed E-state index contributed by atoms with van der Waals surface area (Å²) in [7, 11) is 0. The van der Waals surface area contributed by atoms with Crippen LogP contribution in [-0.4, -0.2) is 18.8 Å². The lowest BCUT2D eigenvalue weighted by Gasteiger charge is -2.14. The molecular weight excluding hydrogens is 166 g/mol. The van der Waals surface area contributed by atoms with Gasteiger partial charge in [-0.1, -0.05) is 13.3 Å². The predicted molar refractivity (Wildman–Crippen MR) is 52.9 cm³/mol.